The predicted molar refractivity (Wildman–Crippen MR) is 83.0 cm³/mol. The van der Waals surface area contributed by atoms with Gasteiger partial charge in [-0.05, 0) is 36.4 Å². The Kier molecular flexibility index (Phi) is 3.51. The number of carbonyl (C=O) groups is 1. The molecule has 3 aromatic rings. The summed E-state index contributed by atoms with van der Waals surface area (Å²) in [7, 11) is 1.85. The van der Waals surface area contributed by atoms with Gasteiger partial charge in [-0.15, -0.1) is 0 Å². The minimum Gasteiger partial charge on any atom is -0.347 e. The van der Waals surface area contributed by atoms with Crippen molar-refractivity contribution in [3.63, 3.8) is 0 Å². The molecule has 2 heterocycles. The lowest BCUT2D eigenvalue weighted by molar-refractivity contribution is 0.101. The van der Waals surface area contributed by atoms with Crippen molar-refractivity contribution in [1.82, 2.24) is 9.55 Å². The standard InChI is InChI=1S/C17H15N3O/c1-20-12-4-6-16(20)17(21)19-14-9-7-13(8-10-14)15-5-2-3-11-18-15/h2-12H,1H3,(H,19,21). The summed E-state index contributed by atoms with van der Waals surface area (Å²) in [6.07, 6.45) is 3.61. The normalized spacial score (nSPS) is 10.3. The molecule has 0 bridgehead atoms. The van der Waals surface area contributed by atoms with E-state index < -0.39 is 0 Å². The van der Waals surface area contributed by atoms with Gasteiger partial charge in [-0.2, -0.15) is 0 Å². The molecule has 0 saturated heterocycles. The van der Waals surface area contributed by atoms with Gasteiger partial charge in [-0.1, -0.05) is 18.2 Å². The molecule has 4 heteroatoms. The van der Waals surface area contributed by atoms with Crippen LogP contribution in [0.1, 0.15) is 10.5 Å². The monoisotopic (exact) mass is 277 g/mol. The third-order valence-electron chi connectivity index (χ3n) is 3.28. The number of anilines is 1. The highest BCUT2D eigenvalue weighted by Crippen LogP contribution is 2.19. The van der Waals surface area contributed by atoms with Crippen LogP contribution >= 0.6 is 0 Å². The maximum absolute atomic E-state index is 12.1. The van der Waals surface area contributed by atoms with Crippen molar-refractivity contribution < 1.29 is 4.79 Å². The number of nitrogens with one attached hydrogen (secondary N) is 1. The molecule has 0 radical (unpaired) electrons. The van der Waals surface area contributed by atoms with E-state index in [9.17, 15) is 4.79 Å². The molecule has 1 aromatic carbocycles. The van der Waals surface area contributed by atoms with Crippen LogP contribution < -0.4 is 5.32 Å². The second-order valence-electron chi connectivity index (χ2n) is 4.75. The first kappa shape index (κ1) is 13.1. The number of aryl methyl sites for hydroxylation is 1. The van der Waals surface area contributed by atoms with Crippen LogP contribution in [0.25, 0.3) is 11.3 Å². The molecule has 0 aliphatic heterocycles. The van der Waals surface area contributed by atoms with Crippen LogP contribution in [-0.4, -0.2) is 15.5 Å². The van der Waals surface area contributed by atoms with Gasteiger partial charge in [0.05, 0.1) is 5.69 Å². The molecule has 0 spiro atoms. The van der Waals surface area contributed by atoms with E-state index in [-0.39, 0.29) is 5.91 Å². The maximum Gasteiger partial charge on any atom is 0.272 e. The molecular weight excluding hydrogens is 262 g/mol. The van der Waals surface area contributed by atoms with E-state index in [0.717, 1.165) is 16.9 Å². The molecule has 0 aliphatic carbocycles. The number of carbonyl (C=O) groups excluding carboxylic acids is 1. The van der Waals surface area contributed by atoms with Crippen molar-refractivity contribution in [2.45, 2.75) is 0 Å². The van der Waals surface area contributed by atoms with Gasteiger partial charge in [-0.3, -0.25) is 9.78 Å². The summed E-state index contributed by atoms with van der Waals surface area (Å²) in [5.41, 5.74) is 3.33. The Morgan fingerprint density at radius 2 is 1.86 bits per heavy atom. The van der Waals surface area contributed by atoms with Gasteiger partial charge in [0.25, 0.3) is 5.91 Å². The Labute approximate surface area is 123 Å². The summed E-state index contributed by atoms with van der Waals surface area (Å²) in [5, 5.41) is 2.88. The molecule has 0 aliphatic rings. The molecule has 0 atom stereocenters. The van der Waals surface area contributed by atoms with Crippen LogP contribution in [0.5, 0.6) is 0 Å². The molecular formula is C17H15N3O. The molecule has 0 fully saturated rings. The molecule has 1 amide bonds. The van der Waals surface area contributed by atoms with E-state index in [0.29, 0.717) is 5.69 Å². The fourth-order valence-corrected chi connectivity index (χ4v) is 2.15. The average Bonchev–Trinajstić information content (AvgIpc) is 2.95. The number of hydrogen-bond acceptors (Lipinski definition) is 2. The lowest BCUT2D eigenvalue weighted by Crippen LogP contribution is -2.15. The Morgan fingerprint density at radius 1 is 1.05 bits per heavy atom. The summed E-state index contributed by atoms with van der Waals surface area (Å²) in [5.74, 6) is -0.118. The maximum atomic E-state index is 12.1. The van der Waals surface area contributed by atoms with Gasteiger partial charge < -0.3 is 9.88 Å². The summed E-state index contributed by atoms with van der Waals surface area (Å²) in [4.78, 5) is 16.4. The van der Waals surface area contributed by atoms with Crippen LogP contribution in [0.2, 0.25) is 0 Å². The van der Waals surface area contributed by atoms with E-state index in [1.54, 1.807) is 16.8 Å². The minimum atomic E-state index is -0.118. The fraction of sp³-hybridized carbons (Fsp3) is 0.0588. The van der Waals surface area contributed by atoms with E-state index in [4.69, 9.17) is 0 Å². The van der Waals surface area contributed by atoms with Crippen LogP contribution in [0.4, 0.5) is 5.69 Å². The predicted octanol–water partition coefficient (Wildman–Crippen LogP) is 3.34. The molecule has 104 valence electrons. The van der Waals surface area contributed by atoms with Gasteiger partial charge >= 0.3 is 0 Å². The number of hydrogen-bond donors (Lipinski definition) is 1. The smallest absolute Gasteiger partial charge is 0.272 e. The van der Waals surface area contributed by atoms with Gasteiger partial charge in [0.15, 0.2) is 0 Å². The molecule has 1 N–H and O–H groups in total. The van der Waals surface area contributed by atoms with Crippen LogP contribution in [0, 0.1) is 0 Å². The number of nitrogens with zero attached hydrogens (tertiary/aromatic N) is 2. The highest BCUT2D eigenvalue weighted by Gasteiger charge is 2.09. The third kappa shape index (κ3) is 2.84. The lowest BCUT2D eigenvalue weighted by Gasteiger charge is -2.07. The van der Waals surface area contributed by atoms with Gasteiger partial charge in [0, 0.05) is 30.7 Å². The average molecular weight is 277 g/mol. The topological polar surface area (TPSA) is 46.9 Å². The van der Waals surface area contributed by atoms with Crippen molar-refractivity contribution >= 4 is 11.6 Å². The molecule has 4 nitrogen and oxygen atoms in total. The second-order valence-corrected chi connectivity index (χ2v) is 4.75. The lowest BCUT2D eigenvalue weighted by atomic mass is 10.1. The number of amides is 1. The SMILES string of the molecule is Cn1cccc1C(=O)Nc1ccc(-c2ccccn2)cc1. The summed E-state index contributed by atoms with van der Waals surface area (Å²) in [6.45, 7) is 0. The first-order valence-electron chi connectivity index (χ1n) is 6.68. The highest BCUT2D eigenvalue weighted by molar-refractivity contribution is 6.03. The fourth-order valence-electron chi connectivity index (χ4n) is 2.15. The van der Waals surface area contributed by atoms with Gasteiger partial charge in [-0.25, -0.2) is 0 Å². The molecule has 21 heavy (non-hydrogen) atoms. The van der Waals surface area contributed by atoms with E-state index in [1.807, 2.05) is 61.8 Å². The van der Waals surface area contributed by atoms with Crippen molar-refractivity contribution in [3.05, 3.63) is 72.7 Å². The second kappa shape index (κ2) is 5.63. The molecule has 0 unspecified atom stereocenters. The molecule has 3 rings (SSSR count). The highest BCUT2D eigenvalue weighted by atomic mass is 16.1. The zero-order valence-corrected chi connectivity index (χ0v) is 11.7. The quantitative estimate of drug-likeness (QED) is 0.798. The zero-order chi connectivity index (χ0) is 14.7. The summed E-state index contributed by atoms with van der Waals surface area (Å²) in [6, 6.07) is 17.1. The minimum absolute atomic E-state index is 0.118. The number of rotatable bonds is 3. The first-order chi connectivity index (χ1) is 10.2. The van der Waals surface area contributed by atoms with Crippen LogP contribution in [0.3, 0.4) is 0 Å². The van der Waals surface area contributed by atoms with Crippen molar-refractivity contribution in [2.24, 2.45) is 7.05 Å². The van der Waals surface area contributed by atoms with Crippen LogP contribution in [-0.2, 0) is 7.05 Å². The Hall–Kier alpha value is -2.88. The number of aromatic nitrogens is 2. The van der Waals surface area contributed by atoms with Gasteiger partial charge in [0.1, 0.15) is 5.69 Å². The zero-order valence-electron chi connectivity index (χ0n) is 11.7. The Bertz CT molecular complexity index is 745. The van der Waals surface area contributed by atoms with Crippen LogP contribution in [0.15, 0.2) is 67.0 Å². The van der Waals surface area contributed by atoms with Crippen molar-refractivity contribution in [2.75, 3.05) is 5.32 Å². The number of benzene rings is 1. The van der Waals surface area contributed by atoms with Crippen molar-refractivity contribution in [3.8, 4) is 11.3 Å². The van der Waals surface area contributed by atoms with Gasteiger partial charge in [0.2, 0.25) is 0 Å². The molecule has 0 saturated carbocycles. The first-order valence-corrected chi connectivity index (χ1v) is 6.68. The largest absolute Gasteiger partial charge is 0.347 e. The van der Waals surface area contributed by atoms with E-state index in [1.165, 1.54) is 0 Å². The Balaban J connectivity index is 1.76. The third-order valence-corrected chi connectivity index (χ3v) is 3.28. The van der Waals surface area contributed by atoms with Crippen molar-refractivity contribution in [1.29, 1.82) is 0 Å². The summed E-state index contributed by atoms with van der Waals surface area (Å²) < 4.78 is 1.79. The molecule has 2 aromatic heterocycles. The van der Waals surface area contributed by atoms with E-state index in [2.05, 4.69) is 10.3 Å². The Morgan fingerprint density at radius 3 is 2.48 bits per heavy atom. The van der Waals surface area contributed by atoms with E-state index >= 15 is 0 Å². The summed E-state index contributed by atoms with van der Waals surface area (Å²) >= 11 is 0. The number of pyridine rings is 1.